The third-order valence-corrected chi connectivity index (χ3v) is 1.98. The largest absolute Gasteiger partial charge is 0.260 e. The van der Waals surface area contributed by atoms with Gasteiger partial charge in [0.1, 0.15) is 0 Å². The highest BCUT2D eigenvalue weighted by Gasteiger charge is 1.90. The molecule has 1 aromatic heterocycles. The predicted octanol–water partition coefficient (Wildman–Crippen LogP) is 1.84. The molecule has 56 valence electrons. The van der Waals surface area contributed by atoms with Crippen LogP contribution in [0.3, 0.4) is 0 Å². The third kappa shape index (κ3) is 3.06. The van der Waals surface area contributed by atoms with Gasteiger partial charge in [0.2, 0.25) is 0 Å². The Bertz CT molecular complexity index is 240. The molecule has 0 spiro atoms. The van der Waals surface area contributed by atoms with Crippen molar-refractivity contribution in [3.63, 3.8) is 0 Å². The second-order valence-corrected chi connectivity index (χ2v) is 2.96. The van der Waals surface area contributed by atoms with E-state index in [9.17, 15) is 0 Å². The van der Waals surface area contributed by atoms with Crippen molar-refractivity contribution < 1.29 is 0 Å². The lowest BCUT2D eigenvalue weighted by atomic mass is 10.4. The number of pyridine rings is 1. The second-order valence-electron chi connectivity index (χ2n) is 1.97. The van der Waals surface area contributed by atoms with Crippen molar-refractivity contribution in [1.29, 1.82) is 5.26 Å². The molecule has 1 aromatic rings. The van der Waals surface area contributed by atoms with Crippen molar-refractivity contribution >= 4 is 11.8 Å². The smallest absolute Gasteiger partial charge is 0.0811 e. The Morgan fingerprint density at radius 1 is 1.55 bits per heavy atom. The molecule has 0 saturated heterocycles. The van der Waals surface area contributed by atoms with Gasteiger partial charge in [0.15, 0.2) is 0 Å². The molecule has 2 nitrogen and oxygen atoms in total. The molecule has 0 unspecified atom stereocenters. The molecule has 0 amide bonds. The quantitative estimate of drug-likeness (QED) is 0.639. The van der Waals surface area contributed by atoms with E-state index in [-0.39, 0.29) is 0 Å². The van der Waals surface area contributed by atoms with Crippen LogP contribution in [0.25, 0.3) is 0 Å². The van der Waals surface area contributed by atoms with E-state index < -0.39 is 0 Å². The van der Waals surface area contributed by atoms with Crippen molar-refractivity contribution in [2.45, 2.75) is 5.75 Å². The summed E-state index contributed by atoms with van der Waals surface area (Å²) in [6, 6.07) is 7.88. The maximum atomic E-state index is 8.25. The summed E-state index contributed by atoms with van der Waals surface area (Å²) in [6.45, 7) is 0. The Labute approximate surface area is 70.3 Å². The zero-order chi connectivity index (χ0) is 7.94. The van der Waals surface area contributed by atoms with E-state index in [4.69, 9.17) is 5.26 Å². The summed E-state index contributed by atoms with van der Waals surface area (Å²) in [5, 5.41) is 8.25. The van der Waals surface area contributed by atoms with Crippen LogP contribution in [0, 0.1) is 11.3 Å². The summed E-state index contributed by atoms with van der Waals surface area (Å²) in [7, 11) is 0. The molecule has 0 aliphatic carbocycles. The van der Waals surface area contributed by atoms with Gasteiger partial charge in [-0.3, -0.25) is 4.98 Å². The summed E-state index contributed by atoms with van der Waals surface area (Å²) in [4.78, 5) is 4.12. The fourth-order valence-electron chi connectivity index (χ4n) is 0.685. The third-order valence-electron chi connectivity index (χ3n) is 1.14. The van der Waals surface area contributed by atoms with Crippen LogP contribution >= 0.6 is 11.8 Å². The Morgan fingerprint density at radius 2 is 2.45 bits per heavy atom. The molecule has 0 radical (unpaired) electrons. The Morgan fingerprint density at radius 3 is 3.09 bits per heavy atom. The van der Waals surface area contributed by atoms with Gasteiger partial charge in [-0.05, 0) is 12.1 Å². The number of thioether (sulfide) groups is 1. The molecule has 0 aliphatic rings. The van der Waals surface area contributed by atoms with Gasteiger partial charge in [-0.2, -0.15) is 5.26 Å². The molecule has 0 saturated carbocycles. The van der Waals surface area contributed by atoms with Gasteiger partial charge >= 0.3 is 0 Å². The number of aromatic nitrogens is 1. The van der Waals surface area contributed by atoms with Crippen LogP contribution in [0.4, 0.5) is 0 Å². The van der Waals surface area contributed by atoms with Gasteiger partial charge in [-0.1, -0.05) is 6.07 Å². The fourth-order valence-corrected chi connectivity index (χ4v) is 1.26. The first-order valence-corrected chi connectivity index (χ1v) is 4.43. The van der Waals surface area contributed by atoms with Gasteiger partial charge in [0.25, 0.3) is 0 Å². The molecule has 11 heavy (non-hydrogen) atoms. The van der Waals surface area contributed by atoms with Crippen molar-refractivity contribution in [1.82, 2.24) is 4.98 Å². The van der Waals surface area contributed by atoms with Crippen molar-refractivity contribution in [2.75, 3.05) is 5.75 Å². The highest BCUT2D eigenvalue weighted by atomic mass is 32.2. The molecular formula is C8H8N2S. The zero-order valence-corrected chi connectivity index (χ0v) is 6.84. The summed E-state index contributed by atoms with van der Waals surface area (Å²) in [5.74, 6) is 1.37. The topological polar surface area (TPSA) is 36.7 Å². The van der Waals surface area contributed by atoms with Crippen LogP contribution in [0.1, 0.15) is 5.69 Å². The Hall–Kier alpha value is -1.01. The first kappa shape index (κ1) is 8.09. The van der Waals surface area contributed by atoms with Gasteiger partial charge in [-0.15, -0.1) is 11.8 Å². The van der Waals surface area contributed by atoms with E-state index in [0.717, 1.165) is 11.4 Å². The number of hydrogen-bond donors (Lipinski definition) is 0. The van der Waals surface area contributed by atoms with E-state index in [1.54, 1.807) is 18.0 Å². The second kappa shape index (κ2) is 4.75. The van der Waals surface area contributed by atoms with Crippen LogP contribution in [-0.2, 0) is 5.75 Å². The maximum absolute atomic E-state index is 8.25. The number of nitriles is 1. The number of nitrogens with zero attached hydrogens (tertiary/aromatic N) is 2. The molecule has 1 heterocycles. The highest BCUT2D eigenvalue weighted by Crippen LogP contribution is 2.07. The van der Waals surface area contributed by atoms with Gasteiger partial charge < -0.3 is 0 Å². The van der Waals surface area contributed by atoms with E-state index in [1.807, 2.05) is 18.2 Å². The molecule has 0 aromatic carbocycles. The molecule has 0 fully saturated rings. The van der Waals surface area contributed by atoms with Crippen molar-refractivity contribution in [2.24, 2.45) is 0 Å². The van der Waals surface area contributed by atoms with Crippen LogP contribution in [-0.4, -0.2) is 10.7 Å². The summed E-state index contributed by atoms with van der Waals surface area (Å²) < 4.78 is 0. The fraction of sp³-hybridized carbons (Fsp3) is 0.250. The number of rotatable bonds is 3. The minimum Gasteiger partial charge on any atom is -0.260 e. The highest BCUT2D eigenvalue weighted by molar-refractivity contribution is 7.98. The molecule has 0 N–H and O–H groups in total. The van der Waals surface area contributed by atoms with E-state index in [2.05, 4.69) is 11.1 Å². The predicted molar refractivity (Wildman–Crippen MR) is 46.0 cm³/mol. The summed E-state index contributed by atoms with van der Waals surface area (Å²) in [6.07, 6.45) is 1.77. The normalized spacial score (nSPS) is 9.00. The first-order valence-electron chi connectivity index (χ1n) is 3.28. The standard InChI is InChI=1S/C8H8N2S/c9-4-6-11-7-8-3-1-2-5-10-8/h1-3,5H,6-7H2. The molecular weight excluding hydrogens is 156 g/mol. The van der Waals surface area contributed by atoms with Crippen LogP contribution in [0.15, 0.2) is 24.4 Å². The maximum Gasteiger partial charge on any atom is 0.0811 e. The average molecular weight is 164 g/mol. The van der Waals surface area contributed by atoms with Gasteiger partial charge in [0.05, 0.1) is 17.5 Å². The summed E-state index contributed by atoms with van der Waals surface area (Å²) in [5.41, 5.74) is 1.03. The molecule has 0 atom stereocenters. The first-order chi connectivity index (χ1) is 5.43. The van der Waals surface area contributed by atoms with Gasteiger partial charge in [0, 0.05) is 11.9 Å². The average Bonchev–Trinajstić information content (AvgIpc) is 2.07. The number of hydrogen-bond acceptors (Lipinski definition) is 3. The minimum absolute atomic E-state index is 0.538. The molecule has 3 heteroatoms. The van der Waals surface area contributed by atoms with E-state index >= 15 is 0 Å². The SMILES string of the molecule is N#CCSCc1ccccn1. The van der Waals surface area contributed by atoms with Crippen molar-refractivity contribution in [3.8, 4) is 6.07 Å². The Kier molecular flexibility index (Phi) is 3.49. The monoisotopic (exact) mass is 164 g/mol. The van der Waals surface area contributed by atoms with Crippen LogP contribution < -0.4 is 0 Å². The van der Waals surface area contributed by atoms with Gasteiger partial charge in [-0.25, -0.2) is 0 Å². The lowest BCUT2D eigenvalue weighted by molar-refractivity contribution is 1.18. The lowest BCUT2D eigenvalue weighted by Crippen LogP contribution is -1.84. The molecule has 1 rings (SSSR count). The minimum atomic E-state index is 0.538. The van der Waals surface area contributed by atoms with Crippen LogP contribution in [0.5, 0.6) is 0 Å². The molecule has 0 bridgehead atoms. The van der Waals surface area contributed by atoms with Crippen LogP contribution in [0.2, 0.25) is 0 Å². The Balaban J connectivity index is 2.35. The summed E-state index contributed by atoms with van der Waals surface area (Å²) >= 11 is 1.58. The molecule has 0 aliphatic heterocycles. The van der Waals surface area contributed by atoms with E-state index in [1.165, 1.54) is 0 Å². The van der Waals surface area contributed by atoms with E-state index in [0.29, 0.717) is 5.75 Å². The van der Waals surface area contributed by atoms with Crippen molar-refractivity contribution in [3.05, 3.63) is 30.1 Å². The lowest BCUT2D eigenvalue weighted by Gasteiger charge is -1.94. The zero-order valence-electron chi connectivity index (χ0n) is 6.03.